The maximum atomic E-state index is 6.54. The van der Waals surface area contributed by atoms with Gasteiger partial charge < -0.3 is 10.6 Å². The lowest BCUT2D eigenvalue weighted by Crippen LogP contribution is -2.40. The fourth-order valence-electron chi connectivity index (χ4n) is 3.12. The summed E-state index contributed by atoms with van der Waals surface area (Å²) in [4.78, 5) is 11.4. The van der Waals surface area contributed by atoms with E-state index >= 15 is 0 Å². The standard InChI is InChI=1S/C17H19ClN6/c1-10-9-13(24-7-4-11(19)5-8-24)21-16(14(10)18)15-12-3-2-6-20-17(12)23-22-15/h2-3,6,9,11H,4-5,7-8,19H2,1H3,(H,20,22,23). The van der Waals surface area contributed by atoms with Gasteiger partial charge in [-0.15, -0.1) is 0 Å². The minimum absolute atomic E-state index is 0.287. The van der Waals surface area contributed by atoms with E-state index in [1.54, 1.807) is 6.20 Å². The van der Waals surface area contributed by atoms with E-state index in [2.05, 4.69) is 20.1 Å². The molecule has 1 aliphatic heterocycles. The number of hydrogen-bond donors (Lipinski definition) is 2. The number of pyridine rings is 2. The molecule has 3 aromatic heterocycles. The molecule has 1 saturated heterocycles. The number of nitrogens with one attached hydrogen (secondary N) is 1. The molecule has 0 aromatic carbocycles. The largest absolute Gasteiger partial charge is 0.356 e. The topological polar surface area (TPSA) is 83.7 Å². The van der Waals surface area contributed by atoms with Crippen LogP contribution in [0.5, 0.6) is 0 Å². The highest BCUT2D eigenvalue weighted by Crippen LogP contribution is 2.34. The van der Waals surface area contributed by atoms with Gasteiger partial charge in [0, 0.05) is 30.7 Å². The lowest BCUT2D eigenvalue weighted by atomic mass is 10.1. The molecular weight excluding hydrogens is 324 g/mol. The van der Waals surface area contributed by atoms with Crippen LogP contribution in [-0.2, 0) is 0 Å². The monoisotopic (exact) mass is 342 g/mol. The summed E-state index contributed by atoms with van der Waals surface area (Å²) in [5, 5.41) is 8.89. The molecule has 4 heterocycles. The van der Waals surface area contributed by atoms with Crippen molar-refractivity contribution in [1.82, 2.24) is 20.2 Å². The molecule has 1 aliphatic rings. The predicted molar refractivity (Wildman–Crippen MR) is 96.3 cm³/mol. The molecule has 3 N–H and O–H groups in total. The van der Waals surface area contributed by atoms with Crippen LogP contribution in [0.4, 0.5) is 5.82 Å². The minimum Gasteiger partial charge on any atom is -0.356 e. The fraction of sp³-hybridized carbons (Fsp3) is 0.353. The number of anilines is 1. The zero-order valence-corrected chi connectivity index (χ0v) is 14.2. The van der Waals surface area contributed by atoms with Crippen LogP contribution >= 0.6 is 11.6 Å². The van der Waals surface area contributed by atoms with Crippen molar-refractivity contribution in [2.24, 2.45) is 5.73 Å². The number of piperidine rings is 1. The summed E-state index contributed by atoms with van der Waals surface area (Å²) in [7, 11) is 0. The van der Waals surface area contributed by atoms with E-state index in [-0.39, 0.29) is 6.04 Å². The summed E-state index contributed by atoms with van der Waals surface area (Å²) < 4.78 is 0. The van der Waals surface area contributed by atoms with Crippen LogP contribution in [0.3, 0.4) is 0 Å². The molecule has 0 spiro atoms. The summed E-state index contributed by atoms with van der Waals surface area (Å²) in [6.07, 6.45) is 3.69. The van der Waals surface area contributed by atoms with E-state index in [0.29, 0.717) is 10.7 Å². The first kappa shape index (κ1) is 15.4. The number of rotatable bonds is 2. The molecular formula is C17H19ClN6. The highest BCUT2D eigenvalue weighted by atomic mass is 35.5. The van der Waals surface area contributed by atoms with Crippen molar-refractivity contribution in [2.75, 3.05) is 18.0 Å². The van der Waals surface area contributed by atoms with Gasteiger partial charge in [0.1, 0.15) is 17.2 Å². The molecule has 0 aliphatic carbocycles. The average molecular weight is 343 g/mol. The van der Waals surface area contributed by atoms with E-state index in [0.717, 1.165) is 54.0 Å². The Morgan fingerprint density at radius 3 is 2.88 bits per heavy atom. The molecule has 1 fully saturated rings. The van der Waals surface area contributed by atoms with Gasteiger partial charge in [-0.05, 0) is 43.5 Å². The Balaban J connectivity index is 1.80. The second kappa shape index (κ2) is 6.03. The summed E-state index contributed by atoms with van der Waals surface area (Å²) >= 11 is 6.54. The molecule has 4 rings (SSSR count). The molecule has 0 saturated carbocycles. The molecule has 3 aromatic rings. The van der Waals surface area contributed by atoms with Gasteiger partial charge in [0.05, 0.1) is 5.02 Å². The highest BCUT2D eigenvalue weighted by Gasteiger charge is 2.21. The van der Waals surface area contributed by atoms with Gasteiger partial charge in [0.25, 0.3) is 0 Å². The minimum atomic E-state index is 0.287. The number of fused-ring (bicyclic) bond motifs is 1. The van der Waals surface area contributed by atoms with Crippen LogP contribution in [0, 0.1) is 6.92 Å². The summed E-state index contributed by atoms with van der Waals surface area (Å²) in [5.41, 5.74) is 9.17. The lowest BCUT2D eigenvalue weighted by molar-refractivity contribution is 0.498. The van der Waals surface area contributed by atoms with Crippen LogP contribution in [-0.4, -0.2) is 39.3 Å². The molecule has 0 bridgehead atoms. The Kier molecular flexibility index (Phi) is 3.86. The van der Waals surface area contributed by atoms with E-state index in [4.69, 9.17) is 22.3 Å². The highest BCUT2D eigenvalue weighted by molar-refractivity contribution is 6.34. The fourth-order valence-corrected chi connectivity index (χ4v) is 3.31. The molecule has 124 valence electrons. The summed E-state index contributed by atoms with van der Waals surface area (Å²) in [6.45, 7) is 3.83. The van der Waals surface area contributed by atoms with Gasteiger partial charge in [-0.1, -0.05) is 11.6 Å². The first-order valence-corrected chi connectivity index (χ1v) is 8.48. The Morgan fingerprint density at radius 1 is 1.29 bits per heavy atom. The molecule has 7 heteroatoms. The third kappa shape index (κ3) is 2.61. The number of aromatic amines is 1. The van der Waals surface area contributed by atoms with Gasteiger partial charge in [-0.3, -0.25) is 5.10 Å². The normalized spacial score (nSPS) is 16.0. The van der Waals surface area contributed by atoms with Crippen molar-refractivity contribution in [3.05, 3.63) is 35.0 Å². The van der Waals surface area contributed by atoms with Gasteiger partial charge in [0.2, 0.25) is 0 Å². The van der Waals surface area contributed by atoms with Crippen LogP contribution in [0.1, 0.15) is 18.4 Å². The molecule has 0 atom stereocenters. The Bertz CT molecular complexity index is 882. The van der Waals surface area contributed by atoms with Crippen LogP contribution in [0.2, 0.25) is 5.02 Å². The van der Waals surface area contributed by atoms with Crippen LogP contribution in [0.15, 0.2) is 24.4 Å². The maximum absolute atomic E-state index is 6.54. The SMILES string of the molecule is Cc1cc(N2CCC(N)CC2)nc(-c2n[nH]c3ncccc23)c1Cl. The molecule has 6 nitrogen and oxygen atoms in total. The van der Waals surface area contributed by atoms with Gasteiger partial charge >= 0.3 is 0 Å². The third-order valence-electron chi connectivity index (χ3n) is 4.55. The van der Waals surface area contributed by atoms with Crippen molar-refractivity contribution in [3.63, 3.8) is 0 Å². The Hall–Kier alpha value is -2.18. The van der Waals surface area contributed by atoms with Gasteiger partial charge in [-0.25, -0.2) is 9.97 Å². The molecule has 0 radical (unpaired) electrons. The first-order chi connectivity index (χ1) is 11.6. The second-order valence-electron chi connectivity index (χ2n) is 6.26. The maximum Gasteiger partial charge on any atom is 0.155 e. The summed E-state index contributed by atoms with van der Waals surface area (Å²) in [6, 6.07) is 6.19. The zero-order valence-electron chi connectivity index (χ0n) is 13.5. The number of H-pyrrole nitrogens is 1. The Labute approximate surface area is 145 Å². The molecule has 0 amide bonds. The quantitative estimate of drug-likeness (QED) is 0.748. The van der Waals surface area contributed by atoms with Crippen LogP contribution < -0.4 is 10.6 Å². The lowest BCUT2D eigenvalue weighted by Gasteiger charge is -2.31. The number of nitrogens with two attached hydrogens (primary N) is 1. The van der Waals surface area contributed by atoms with Gasteiger partial charge in [0.15, 0.2) is 5.65 Å². The zero-order chi connectivity index (χ0) is 16.7. The van der Waals surface area contributed by atoms with E-state index in [1.165, 1.54) is 0 Å². The van der Waals surface area contributed by atoms with E-state index < -0.39 is 0 Å². The number of nitrogens with zero attached hydrogens (tertiary/aromatic N) is 4. The van der Waals surface area contributed by atoms with E-state index in [1.807, 2.05) is 25.1 Å². The first-order valence-electron chi connectivity index (χ1n) is 8.10. The smallest absolute Gasteiger partial charge is 0.155 e. The van der Waals surface area contributed by atoms with Crippen molar-refractivity contribution in [1.29, 1.82) is 0 Å². The van der Waals surface area contributed by atoms with Crippen molar-refractivity contribution >= 4 is 28.5 Å². The third-order valence-corrected chi connectivity index (χ3v) is 5.03. The number of aryl methyl sites for hydroxylation is 1. The second-order valence-corrected chi connectivity index (χ2v) is 6.63. The Morgan fingerprint density at radius 2 is 2.08 bits per heavy atom. The van der Waals surface area contributed by atoms with Crippen molar-refractivity contribution in [3.8, 4) is 11.4 Å². The number of halogens is 1. The molecule has 0 unspecified atom stereocenters. The van der Waals surface area contributed by atoms with Crippen molar-refractivity contribution < 1.29 is 0 Å². The number of hydrogen-bond acceptors (Lipinski definition) is 5. The average Bonchev–Trinajstić information content (AvgIpc) is 3.02. The van der Waals surface area contributed by atoms with Crippen molar-refractivity contribution in [2.45, 2.75) is 25.8 Å². The molecule has 24 heavy (non-hydrogen) atoms. The van der Waals surface area contributed by atoms with Crippen LogP contribution in [0.25, 0.3) is 22.4 Å². The predicted octanol–water partition coefficient (Wildman–Crippen LogP) is 2.91. The summed E-state index contributed by atoms with van der Waals surface area (Å²) in [5.74, 6) is 0.929. The number of aromatic nitrogens is 4. The van der Waals surface area contributed by atoms with E-state index in [9.17, 15) is 0 Å². The van der Waals surface area contributed by atoms with Gasteiger partial charge in [-0.2, -0.15) is 5.10 Å².